The van der Waals surface area contributed by atoms with Crippen LogP contribution in [0.5, 0.6) is 0 Å². The molecular weight excluding hydrogens is 350 g/mol. The maximum Gasteiger partial charge on any atom is 0.274 e. The van der Waals surface area contributed by atoms with Crippen LogP contribution in [0.25, 0.3) is 11.4 Å². The number of benzene rings is 1. The number of carbonyl (C=O) groups is 1. The number of rotatable bonds is 5. The summed E-state index contributed by atoms with van der Waals surface area (Å²) >= 11 is 0. The molecule has 2 aromatic heterocycles. The molecule has 6 nitrogen and oxygen atoms in total. The number of hydrogen-bond donors (Lipinski definition) is 0. The van der Waals surface area contributed by atoms with E-state index in [1.807, 2.05) is 28.8 Å². The minimum absolute atomic E-state index is 0.0517. The van der Waals surface area contributed by atoms with Gasteiger partial charge in [0.15, 0.2) is 0 Å². The molecule has 1 aliphatic rings. The Kier molecular flexibility index (Phi) is 5.28. The van der Waals surface area contributed by atoms with Gasteiger partial charge in [-0.3, -0.25) is 4.79 Å². The van der Waals surface area contributed by atoms with Crippen LogP contribution in [0.4, 0.5) is 0 Å². The van der Waals surface area contributed by atoms with E-state index in [0.717, 1.165) is 50.3 Å². The molecule has 0 aliphatic carbocycles. The lowest BCUT2D eigenvalue weighted by Gasteiger charge is -2.31. The molecule has 0 N–H and O–H groups in total. The molecule has 0 spiro atoms. The van der Waals surface area contributed by atoms with E-state index < -0.39 is 0 Å². The third kappa shape index (κ3) is 3.86. The summed E-state index contributed by atoms with van der Waals surface area (Å²) in [6.07, 6.45) is 8.64. The molecule has 146 valence electrons. The number of nitrogens with zero attached hydrogens (tertiary/aromatic N) is 5. The number of imidazole rings is 2. The number of hydrogen-bond acceptors (Lipinski definition) is 3. The van der Waals surface area contributed by atoms with Crippen LogP contribution < -0.4 is 0 Å². The van der Waals surface area contributed by atoms with Crippen molar-refractivity contribution in [1.29, 1.82) is 0 Å². The van der Waals surface area contributed by atoms with Crippen LogP contribution in [-0.4, -0.2) is 43.0 Å². The third-order valence-corrected chi connectivity index (χ3v) is 5.67. The highest BCUT2D eigenvalue weighted by Crippen LogP contribution is 2.25. The summed E-state index contributed by atoms with van der Waals surface area (Å²) in [5.74, 6) is 1.73. The first-order valence-corrected chi connectivity index (χ1v) is 9.96. The van der Waals surface area contributed by atoms with E-state index in [9.17, 15) is 4.79 Å². The van der Waals surface area contributed by atoms with Crippen molar-refractivity contribution in [2.45, 2.75) is 32.7 Å². The fraction of sp³-hybridized carbons (Fsp3) is 0.409. The van der Waals surface area contributed by atoms with Gasteiger partial charge in [0.25, 0.3) is 5.91 Å². The van der Waals surface area contributed by atoms with Crippen LogP contribution >= 0.6 is 0 Å². The van der Waals surface area contributed by atoms with Gasteiger partial charge in [-0.2, -0.15) is 0 Å². The summed E-state index contributed by atoms with van der Waals surface area (Å²) in [7, 11) is 1.89. The summed E-state index contributed by atoms with van der Waals surface area (Å²) in [6, 6.07) is 10.4. The number of aryl methyl sites for hydroxylation is 2. The SMILES string of the molecule is Cc1cnc(-c2ccccc2)n1CCC1CCN(C(=O)c2cn(C)cn2)CC1. The number of carbonyl (C=O) groups excluding carboxylic acids is 1. The van der Waals surface area contributed by atoms with Crippen LogP contribution in [0.3, 0.4) is 0 Å². The first kappa shape index (κ1) is 18.5. The van der Waals surface area contributed by atoms with Gasteiger partial charge in [0.1, 0.15) is 11.5 Å². The van der Waals surface area contributed by atoms with Crippen molar-refractivity contribution in [2.24, 2.45) is 13.0 Å². The molecule has 1 aromatic carbocycles. The Morgan fingerprint density at radius 3 is 2.57 bits per heavy atom. The molecule has 3 heterocycles. The molecule has 1 fully saturated rings. The largest absolute Gasteiger partial charge is 0.340 e. The second-order valence-corrected chi connectivity index (χ2v) is 7.69. The molecule has 1 saturated heterocycles. The maximum absolute atomic E-state index is 12.5. The van der Waals surface area contributed by atoms with Crippen molar-refractivity contribution < 1.29 is 4.79 Å². The second kappa shape index (κ2) is 8.00. The Morgan fingerprint density at radius 1 is 1.14 bits per heavy atom. The van der Waals surface area contributed by atoms with E-state index in [0.29, 0.717) is 11.6 Å². The Bertz CT molecular complexity index is 935. The molecule has 3 aromatic rings. The summed E-state index contributed by atoms with van der Waals surface area (Å²) < 4.78 is 4.14. The van der Waals surface area contributed by atoms with Crippen LogP contribution in [-0.2, 0) is 13.6 Å². The number of likely N-dealkylation sites (tertiary alicyclic amines) is 1. The molecule has 1 aliphatic heterocycles. The van der Waals surface area contributed by atoms with E-state index in [-0.39, 0.29) is 5.91 Å². The lowest BCUT2D eigenvalue weighted by Crippen LogP contribution is -2.38. The lowest BCUT2D eigenvalue weighted by molar-refractivity contribution is 0.0679. The van der Waals surface area contributed by atoms with E-state index in [2.05, 4.69) is 45.7 Å². The summed E-state index contributed by atoms with van der Waals surface area (Å²) in [6.45, 7) is 4.71. The second-order valence-electron chi connectivity index (χ2n) is 7.69. The summed E-state index contributed by atoms with van der Waals surface area (Å²) in [5, 5.41) is 0. The van der Waals surface area contributed by atoms with Crippen molar-refractivity contribution >= 4 is 5.91 Å². The highest BCUT2D eigenvalue weighted by Gasteiger charge is 2.25. The van der Waals surface area contributed by atoms with Gasteiger partial charge >= 0.3 is 0 Å². The molecule has 1 amide bonds. The standard InChI is InChI=1S/C22H27N5O/c1-17-14-23-21(19-6-4-3-5-7-19)27(17)13-10-18-8-11-26(12-9-18)22(28)20-15-25(2)16-24-20/h3-7,14-16,18H,8-13H2,1-2H3. The first-order valence-electron chi connectivity index (χ1n) is 9.96. The molecule has 4 rings (SSSR count). The molecule has 0 saturated carbocycles. The van der Waals surface area contributed by atoms with Crippen molar-refractivity contribution in [3.63, 3.8) is 0 Å². The molecule has 0 bridgehead atoms. The molecule has 0 radical (unpaired) electrons. The van der Waals surface area contributed by atoms with Crippen molar-refractivity contribution in [3.05, 3.63) is 60.4 Å². The smallest absolute Gasteiger partial charge is 0.274 e. The van der Waals surface area contributed by atoms with Gasteiger partial charge in [-0.05, 0) is 32.1 Å². The van der Waals surface area contributed by atoms with Crippen LogP contribution in [0.15, 0.2) is 49.1 Å². The van der Waals surface area contributed by atoms with Gasteiger partial charge < -0.3 is 14.0 Å². The summed E-state index contributed by atoms with van der Waals surface area (Å²) in [4.78, 5) is 23.3. The van der Waals surface area contributed by atoms with E-state index >= 15 is 0 Å². The predicted molar refractivity (Wildman–Crippen MR) is 109 cm³/mol. The van der Waals surface area contributed by atoms with Crippen LogP contribution in [0, 0.1) is 12.8 Å². The lowest BCUT2D eigenvalue weighted by atomic mass is 9.93. The topological polar surface area (TPSA) is 56.0 Å². The average Bonchev–Trinajstić information content (AvgIpc) is 3.32. The minimum atomic E-state index is 0.0517. The van der Waals surface area contributed by atoms with Crippen molar-refractivity contribution in [2.75, 3.05) is 13.1 Å². The highest BCUT2D eigenvalue weighted by atomic mass is 16.2. The zero-order chi connectivity index (χ0) is 19.5. The van der Waals surface area contributed by atoms with Gasteiger partial charge in [0, 0.05) is 50.3 Å². The van der Waals surface area contributed by atoms with Gasteiger partial charge in [-0.15, -0.1) is 0 Å². The molecular formula is C22H27N5O. The van der Waals surface area contributed by atoms with Crippen molar-refractivity contribution in [1.82, 2.24) is 24.0 Å². The number of amides is 1. The normalized spacial score (nSPS) is 15.1. The predicted octanol–water partition coefficient (Wildman–Crippen LogP) is 3.53. The third-order valence-electron chi connectivity index (χ3n) is 5.67. The molecule has 0 unspecified atom stereocenters. The van der Waals surface area contributed by atoms with E-state index in [4.69, 9.17) is 0 Å². The quantitative estimate of drug-likeness (QED) is 0.683. The molecule has 0 atom stereocenters. The van der Waals surface area contributed by atoms with Gasteiger partial charge in [0.2, 0.25) is 0 Å². The van der Waals surface area contributed by atoms with Crippen LogP contribution in [0.2, 0.25) is 0 Å². The van der Waals surface area contributed by atoms with Gasteiger partial charge in [0.05, 0.1) is 6.33 Å². The van der Waals surface area contributed by atoms with Crippen LogP contribution in [0.1, 0.15) is 35.4 Å². The maximum atomic E-state index is 12.5. The van der Waals surface area contributed by atoms with Gasteiger partial charge in [-0.25, -0.2) is 9.97 Å². The fourth-order valence-electron chi connectivity index (χ4n) is 3.98. The monoisotopic (exact) mass is 377 g/mol. The first-order chi connectivity index (χ1) is 13.6. The average molecular weight is 377 g/mol. The summed E-state index contributed by atoms with van der Waals surface area (Å²) in [5.41, 5.74) is 2.90. The number of piperidine rings is 1. The van der Waals surface area contributed by atoms with E-state index in [1.165, 1.54) is 5.69 Å². The minimum Gasteiger partial charge on any atom is -0.340 e. The zero-order valence-corrected chi connectivity index (χ0v) is 16.6. The van der Waals surface area contributed by atoms with E-state index in [1.54, 1.807) is 12.5 Å². The Labute approximate surface area is 165 Å². The Balaban J connectivity index is 1.34. The molecule has 28 heavy (non-hydrogen) atoms. The highest BCUT2D eigenvalue weighted by molar-refractivity contribution is 5.92. The fourth-order valence-corrected chi connectivity index (χ4v) is 3.98. The number of aromatic nitrogens is 4. The Morgan fingerprint density at radius 2 is 1.89 bits per heavy atom. The Hall–Kier alpha value is -2.89. The zero-order valence-electron chi connectivity index (χ0n) is 16.6. The van der Waals surface area contributed by atoms with Gasteiger partial charge in [-0.1, -0.05) is 30.3 Å². The molecule has 6 heteroatoms. The van der Waals surface area contributed by atoms with Crippen molar-refractivity contribution in [3.8, 4) is 11.4 Å².